The van der Waals surface area contributed by atoms with Crippen LogP contribution in [-0.2, 0) is 14.8 Å². The van der Waals surface area contributed by atoms with Crippen molar-refractivity contribution >= 4 is 31.9 Å². The van der Waals surface area contributed by atoms with Crippen LogP contribution >= 0.6 is 15.9 Å². The van der Waals surface area contributed by atoms with Gasteiger partial charge in [-0.25, -0.2) is 8.42 Å². The lowest BCUT2D eigenvalue weighted by Gasteiger charge is -2.34. The standard InChI is InChI=1S/C16H22BrN3O3S/c1-3-8-18-16(21)13(2)19-9-11-20(12-10-19)24(22,23)15-6-4-14(17)5-7-15/h3-7,13H,1,8-12H2,2H3,(H,18,21)/p+1/t13-/m0/s1. The zero-order valence-corrected chi connectivity index (χ0v) is 16.1. The number of carbonyl (C=O) groups excluding carboxylic acids is 1. The van der Waals surface area contributed by atoms with Gasteiger partial charge in [0.15, 0.2) is 6.04 Å². The summed E-state index contributed by atoms with van der Waals surface area (Å²) in [7, 11) is -3.48. The average Bonchev–Trinajstić information content (AvgIpc) is 2.59. The van der Waals surface area contributed by atoms with Gasteiger partial charge in [-0.2, -0.15) is 4.31 Å². The SMILES string of the molecule is C=CCNC(=O)[C@H](C)[NH+]1CCN(S(=O)(=O)c2ccc(Br)cc2)CC1. The van der Waals surface area contributed by atoms with E-state index in [9.17, 15) is 13.2 Å². The maximum absolute atomic E-state index is 12.7. The Labute approximate surface area is 151 Å². The maximum atomic E-state index is 12.7. The topological polar surface area (TPSA) is 70.9 Å². The molecule has 6 nitrogen and oxygen atoms in total. The Bertz CT molecular complexity index is 683. The zero-order chi connectivity index (χ0) is 17.7. The summed E-state index contributed by atoms with van der Waals surface area (Å²) >= 11 is 3.31. The van der Waals surface area contributed by atoms with E-state index in [2.05, 4.69) is 27.8 Å². The summed E-state index contributed by atoms with van der Waals surface area (Å²) in [5.41, 5.74) is 0. The van der Waals surface area contributed by atoms with E-state index in [-0.39, 0.29) is 11.9 Å². The fourth-order valence-electron chi connectivity index (χ4n) is 2.71. The van der Waals surface area contributed by atoms with Gasteiger partial charge >= 0.3 is 0 Å². The van der Waals surface area contributed by atoms with Crippen LogP contribution in [0.3, 0.4) is 0 Å². The first kappa shape index (κ1) is 19.1. The second-order valence-electron chi connectivity index (χ2n) is 5.77. The van der Waals surface area contributed by atoms with E-state index < -0.39 is 10.0 Å². The van der Waals surface area contributed by atoms with Crippen molar-refractivity contribution in [2.75, 3.05) is 32.7 Å². The summed E-state index contributed by atoms with van der Waals surface area (Å²) in [6.07, 6.45) is 1.64. The highest BCUT2D eigenvalue weighted by Crippen LogP contribution is 2.18. The van der Waals surface area contributed by atoms with Crippen molar-refractivity contribution in [1.29, 1.82) is 0 Å². The molecule has 0 unspecified atom stereocenters. The molecule has 1 aromatic rings. The first-order chi connectivity index (χ1) is 11.4. The summed E-state index contributed by atoms with van der Waals surface area (Å²) in [6, 6.07) is 6.44. The van der Waals surface area contributed by atoms with Crippen LogP contribution in [0.25, 0.3) is 0 Å². The molecule has 132 valence electrons. The normalized spacial score (nSPS) is 18.1. The van der Waals surface area contributed by atoms with Crippen LogP contribution in [0.4, 0.5) is 0 Å². The van der Waals surface area contributed by atoms with Gasteiger partial charge in [-0.15, -0.1) is 6.58 Å². The molecular formula is C16H23BrN3O3S+. The van der Waals surface area contributed by atoms with E-state index >= 15 is 0 Å². The van der Waals surface area contributed by atoms with E-state index in [4.69, 9.17) is 0 Å². The predicted octanol–water partition coefficient (Wildman–Crippen LogP) is 0.0290. The lowest BCUT2D eigenvalue weighted by molar-refractivity contribution is -0.917. The van der Waals surface area contributed by atoms with Crippen LogP contribution in [0.5, 0.6) is 0 Å². The molecule has 1 saturated heterocycles. The van der Waals surface area contributed by atoms with Crippen LogP contribution in [0.1, 0.15) is 6.92 Å². The molecule has 1 heterocycles. The maximum Gasteiger partial charge on any atom is 0.278 e. The second-order valence-corrected chi connectivity index (χ2v) is 8.63. The summed E-state index contributed by atoms with van der Waals surface area (Å²) < 4.78 is 27.7. The Hall–Kier alpha value is -1.22. The molecule has 1 atom stereocenters. The van der Waals surface area contributed by atoms with Gasteiger partial charge in [0.2, 0.25) is 10.0 Å². The number of piperazine rings is 1. The van der Waals surface area contributed by atoms with Crippen LogP contribution in [0, 0.1) is 0 Å². The van der Waals surface area contributed by atoms with Gasteiger partial charge in [0.25, 0.3) is 5.91 Å². The minimum absolute atomic E-state index is 0.0332. The summed E-state index contributed by atoms with van der Waals surface area (Å²) in [4.78, 5) is 13.4. The Balaban J connectivity index is 1.98. The van der Waals surface area contributed by atoms with Crippen LogP contribution in [0.15, 0.2) is 46.3 Å². The van der Waals surface area contributed by atoms with E-state index in [0.717, 1.165) is 9.37 Å². The van der Waals surface area contributed by atoms with Gasteiger partial charge in [0.1, 0.15) is 0 Å². The van der Waals surface area contributed by atoms with Crippen molar-refractivity contribution in [3.8, 4) is 0 Å². The fraction of sp³-hybridized carbons (Fsp3) is 0.438. The molecule has 1 amide bonds. The van der Waals surface area contributed by atoms with E-state index in [1.165, 1.54) is 4.31 Å². The van der Waals surface area contributed by atoms with Gasteiger partial charge in [0.05, 0.1) is 31.1 Å². The van der Waals surface area contributed by atoms with Crippen LogP contribution in [0.2, 0.25) is 0 Å². The molecule has 8 heteroatoms. The van der Waals surface area contributed by atoms with E-state index in [0.29, 0.717) is 37.6 Å². The number of halogens is 1. The number of nitrogens with zero attached hydrogens (tertiary/aromatic N) is 1. The number of amides is 1. The minimum atomic E-state index is -3.48. The highest BCUT2D eigenvalue weighted by atomic mass is 79.9. The minimum Gasteiger partial charge on any atom is -0.347 e. The highest BCUT2D eigenvalue weighted by molar-refractivity contribution is 9.10. The van der Waals surface area contributed by atoms with Gasteiger partial charge < -0.3 is 10.2 Å². The molecule has 24 heavy (non-hydrogen) atoms. The number of rotatable bonds is 6. The monoisotopic (exact) mass is 416 g/mol. The quantitative estimate of drug-likeness (QED) is 0.642. The van der Waals surface area contributed by atoms with Crippen molar-refractivity contribution in [2.45, 2.75) is 17.9 Å². The highest BCUT2D eigenvalue weighted by Gasteiger charge is 2.34. The van der Waals surface area contributed by atoms with Crippen LogP contribution in [-0.4, -0.2) is 57.4 Å². The molecule has 1 fully saturated rings. The summed E-state index contributed by atoms with van der Waals surface area (Å²) in [5, 5.41) is 2.79. The third-order valence-electron chi connectivity index (χ3n) is 4.24. The number of quaternary nitrogens is 1. The van der Waals surface area contributed by atoms with Gasteiger partial charge in [-0.3, -0.25) is 4.79 Å². The molecule has 1 aliphatic rings. The molecule has 0 bridgehead atoms. The second kappa shape index (κ2) is 8.24. The molecule has 0 aromatic heterocycles. The Morgan fingerprint density at radius 2 is 1.96 bits per heavy atom. The van der Waals surface area contributed by atoms with E-state index in [1.54, 1.807) is 30.3 Å². The van der Waals surface area contributed by atoms with Gasteiger partial charge in [-0.1, -0.05) is 22.0 Å². The summed E-state index contributed by atoms with van der Waals surface area (Å²) in [5.74, 6) is -0.0332. The Kier molecular flexibility index (Phi) is 6.56. The molecule has 1 aromatic carbocycles. The number of carbonyl (C=O) groups is 1. The lowest BCUT2D eigenvalue weighted by Crippen LogP contribution is -3.19. The molecule has 2 rings (SSSR count). The predicted molar refractivity (Wildman–Crippen MR) is 96.3 cm³/mol. The molecule has 1 aliphatic heterocycles. The Morgan fingerprint density at radius 1 is 1.38 bits per heavy atom. The van der Waals surface area contributed by atoms with Crippen molar-refractivity contribution in [3.63, 3.8) is 0 Å². The number of hydrogen-bond donors (Lipinski definition) is 2. The average molecular weight is 417 g/mol. The fourth-order valence-corrected chi connectivity index (χ4v) is 4.42. The van der Waals surface area contributed by atoms with Crippen molar-refractivity contribution in [2.24, 2.45) is 0 Å². The van der Waals surface area contributed by atoms with E-state index in [1.807, 2.05) is 6.92 Å². The number of hydrogen-bond acceptors (Lipinski definition) is 3. The number of benzene rings is 1. The third-order valence-corrected chi connectivity index (χ3v) is 6.68. The first-order valence-electron chi connectivity index (χ1n) is 7.85. The van der Waals surface area contributed by atoms with Gasteiger partial charge in [0, 0.05) is 11.0 Å². The molecule has 0 saturated carbocycles. The molecule has 0 radical (unpaired) electrons. The Morgan fingerprint density at radius 3 is 2.50 bits per heavy atom. The molecule has 0 spiro atoms. The number of nitrogens with one attached hydrogen (secondary N) is 2. The van der Waals surface area contributed by atoms with Crippen molar-refractivity contribution < 1.29 is 18.1 Å². The summed E-state index contributed by atoms with van der Waals surface area (Å²) in [6.45, 7) is 7.93. The van der Waals surface area contributed by atoms with Crippen LogP contribution < -0.4 is 10.2 Å². The van der Waals surface area contributed by atoms with Gasteiger partial charge in [-0.05, 0) is 31.2 Å². The molecule has 0 aliphatic carbocycles. The largest absolute Gasteiger partial charge is 0.347 e. The van der Waals surface area contributed by atoms with Crippen molar-refractivity contribution in [1.82, 2.24) is 9.62 Å². The third kappa shape index (κ3) is 4.44. The lowest BCUT2D eigenvalue weighted by atomic mass is 10.2. The number of sulfonamides is 1. The zero-order valence-electron chi connectivity index (χ0n) is 13.7. The van der Waals surface area contributed by atoms with Crippen molar-refractivity contribution in [3.05, 3.63) is 41.4 Å². The molecular weight excluding hydrogens is 394 g/mol. The molecule has 2 N–H and O–H groups in total. The first-order valence-corrected chi connectivity index (χ1v) is 10.1. The smallest absolute Gasteiger partial charge is 0.278 e.